The second-order valence-corrected chi connectivity index (χ2v) is 5.17. The summed E-state index contributed by atoms with van der Waals surface area (Å²) in [7, 11) is 0. The molecule has 20 heavy (non-hydrogen) atoms. The molecule has 0 fully saturated rings. The molecule has 0 atom stereocenters. The van der Waals surface area contributed by atoms with Crippen molar-refractivity contribution in [3.05, 3.63) is 59.2 Å². The van der Waals surface area contributed by atoms with Crippen LogP contribution in [0.1, 0.15) is 36.5 Å². The van der Waals surface area contributed by atoms with Crippen molar-refractivity contribution in [1.29, 1.82) is 5.26 Å². The molecule has 0 saturated carbocycles. The van der Waals surface area contributed by atoms with Gasteiger partial charge in [-0.15, -0.1) is 11.6 Å². The lowest BCUT2D eigenvalue weighted by Crippen LogP contribution is -1.91. The van der Waals surface area contributed by atoms with Crippen LogP contribution in [0.5, 0.6) is 11.5 Å². The Morgan fingerprint density at radius 1 is 1.15 bits per heavy atom. The van der Waals surface area contributed by atoms with Crippen LogP contribution >= 0.6 is 11.6 Å². The fourth-order valence-corrected chi connectivity index (χ4v) is 2.05. The number of halogens is 1. The van der Waals surface area contributed by atoms with Gasteiger partial charge in [-0.05, 0) is 41.3 Å². The van der Waals surface area contributed by atoms with Gasteiger partial charge in [0.1, 0.15) is 17.6 Å². The molecule has 0 aliphatic heterocycles. The summed E-state index contributed by atoms with van der Waals surface area (Å²) in [6, 6.07) is 15.5. The highest BCUT2D eigenvalue weighted by atomic mass is 35.5. The molecule has 0 radical (unpaired) electrons. The molecule has 2 nitrogen and oxygen atoms in total. The molecular weight excluding hydrogens is 270 g/mol. The first-order valence-corrected chi connectivity index (χ1v) is 7.04. The summed E-state index contributed by atoms with van der Waals surface area (Å²) < 4.78 is 5.77. The van der Waals surface area contributed by atoms with Gasteiger partial charge in [0.25, 0.3) is 0 Å². The summed E-state index contributed by atoms with van der Waals surface area (Å²) in [4.78, 5) is 0. The summed E-state index contributed by atoms with van der Waals surface area (Å²) in [5.41, 5.74) is 2.66. The molecule has 2 rings (SSSR count). The molecule has 2 aromatic rings. The fraction of sp³-hybridized carbons (Fsp3) is 0.235. The van der Waals surface area contributed by atoms with Crippen molar-refractivity contribution in [2.45, 2.75) is 25.6 Å². The third-order valence-corrected chi connectivity index (χ3v) is 3.40. The number of alkyl halides is 1. The predicted molar refractivity (Wildman–Crippen MR) is 81.3 cm³/mol. The van der Waals surface area contributed by atoms with Crippen LogP contribution in [-0.4, -0.2) is 0 Å². The molecule has 0 amide bonds. The number of ether oxygens (including phenoxy) is 1. The van der Waals surface area contributed by atoms with E-state index in [2.05, 4.69) is 19.9 Å². The van der Waals surface area contributed by atoms with E-state index in [-0.39, 0.29) is 0 Å². The SMILES string of the molecule is CC(C)c1ccc(Oc2ccc(CCl)cc2C#N)cc1. The second-order valence-electron chi connectivity index (χ2n) is 4.90. The van der Waals surface area contributed by atoms with Crippen LogP contribution in [0.4, 0.5) is 0 Å². The topological polar surface area (TPSA) is 33.0 Å². The molecule has 0 spiro atoms. The third-order valence-electron chi connectivity index (χ3n) is 3.09. The Bertz CT molecular complexity index is 626. The van der Waals surface area contributed by atoms with Gasteiger partial charge in [-0.1, -0.05) is 32.0 Å². The van der Waals surface area contributed by atoms with Gasteiger partial charge in [-0.25, -0.2) is 0 Å². The van der Waals surface area contributed by atoms with Crippen molar-refractivity contribution in [2.24, 2.45) is 0 Å². The van der Waals surface area contributed by atoms with Crippen LogP contribution in [0.25, 0.3) is 0 Å². The molecule has 0 bridgehead atoms. The first-order chi connectivity index (χ1) is 9.63. The number of nitriles is 1. The van der Waals surface area contributed by atoms with Crippen LogP contribution in [0, 0.1) is 11.3 Å². The van der Waals surface area contributed by atoms with E-state index in [4.69, 9.17) is 21.6 Å². The van der Waals surface area contributed by atoms with Crippen LogP contribution < -0.4 is 4.74 Å². The quantitative estimate of drug-likeness (QED) is 0.722. The zero-order chi connectivity index (χ0) is 14.5. The summed E-state index contributed by atoms with van der Waals surface area (Å²) in [5, 5.41) is 9.16. The standard InChI is InChI=1S/C17H16ClNO/c1-12(2)14-4-6-16(7-5-14)20-17-8-3-13(10-18)9-15(17)11-19/h3-9,12H,10H2,1-2H3. The van der Waals surface area contributed by atoms with E-state index in [9.17, 15) is 0 Å². The largest absolute Gasteiger partial charge is 0.456 e. The molecule has 0 aromatic heterocycles. The van der Waals surface area contributed by atoms with E-state index >= 15 is 0 Å². The highest BCUT2D eigenvalue weighted by molar-refractivity contribution is 6.17. The zero-order valence-corrected chi connectivity index (χ0v) is 12.3. The van der Waals surface area contributed by atoms with Gasteiger partial charge in [0.2, 0.25) is 0 Å². The van der Waals surface area contributed by atoms with E-state index < -0.39 is 0 Å². The zero-order valence-electron chi connectivity index (χ0n) is 11.6. The van der Waals surface area contributed by atoms with E-state index in [1.54, 1.807) is 12.1 Å². The maximum Gasteiger partial charge on any atom is 0.145 e. The number of benzene rings is 2. The van der Waals surface area contributed by atoms with Gasteiger partial charge >= 0.3 is 0 Å². The van der Waals surface area contributed by atoms with Gasteiger partial charge in [0, 0.05) is 5.88 Å². The average Bonchev–Trinajstić information content (AvgIpc) is 2.48. The Morgan fingerprint density at radius 2 is 1.85 bits per heavy atom. The van der Waals surface area contributed by atoms with Crippen LogP contribution in [0.15, 0.2) is 42.5 Å². The maximum atomic E-state index is 9.16. The Kier molecular flexibility index (Phi) is 4.65. The fourth-order valence-electron chi connectivity index (χ4n) is 1.88. The summed E-state index contributed by atoms with van der Waals surface area (Å²) >= 11 is 5.77. The number of hydrogen-bond donors (Lipinski definition) is 0. The van der Waals surface area contributed by atoms with E-state index in [1.165, 1.54) is 5.56 Å². The summed E-state index contributed by atoms with van der Waals surface area (Å²) in [6.07, 6.45) is 0. The first-order valence-electron chi connectivity index (χ1n) is 6.51. The second kappa shape index (κ2) is 6.45. The van der Waals surface area contributed by atoms with Crippen LogP contribution in [0.3, 0.4) is 0 Å². The lowest BCUT2D eigenvalue weighted by Gasteiger charge is -2.10. The summed E-state index contributed by atoms with van der Waals surface area (Å²) in [6.45, 7) is 4.29. The molecule has 0 aliphatic carbocycles. The number of hydrogen-bond acceptors (Lipinski definition) is 2. The Balaban J connectivity index is 2.23. The van der Waals surface area contributed by atoms with Crippen molar-refractivity contribution in [3.8, 4) is 17.6 Å². The van der Waals surface area contributed by atoms with Gasteiger partial charge in [-0.2, -0.15) is 5.26 Å². The maximum absolute atomic E-state index is 9.16. The van der Waals surface area contributed by atoms with Crippen LogP contribution in [0.2, 0.25) is 0 Å². The van der Waals surface area contributed by atoms with Gasteiger partial charge < -0.3 is 4.74 Å². The van der Waals surface area contributed by atoms with Gasteiger partial charge in [0.05, 0.1) is 5.56 Å². The Labute approximate surface area is 124 Å². The normalized spacial score (nSPS) is 10.3. The highest BCUT2D eigenvalue weighted by Gasteiger charge is 2.06. The van der Waals surface area contributed by atoms with Crippen molar-refractivity contribution in [2.75, 3.05) is 0 Å². The molecule has 0 aliphatic rings. The van der Waals surface area contributed by atoms with Crippen molar-refractivity contribution in [3.63, 3.8) is 0 Å². The minimum absolute atomic E-state index is 0.387. The minimum atomic E-state index is 0.387. The number of rotatable bonds is 4. The van der Waals surface area contributed by atoms with E-state index in [0.29, 0.717) is 23.1 Å². The molecule has 0 saturated heterocycles. The smallest absolute Gasteiger partial charge is 0.145 e. The lowest BCUT2D eigenvalue weighted by atomic mass is 10.0. The Hall–Kier alpha value is -1.98. The van der Waals surface area contributed by atoms with Crippen molar-refractivity contribution in [1.82, 2.24) is 0 Å². The molecule has 0 unspecified atom stereocenters. The predicted octanol–water partition coefficient (Wildman–Crippen LogP) is 5.21. The average molecular weight is 286 g/mol. The number of nitrogens with zero attached hydrogens (tertiary/aromatic N) is 1. The van der Waals surface area contributed by atoms with Gasteiger partial charge in [0.15, 0.2) is 0 Å². The first kappa shape index (κ1) is 14.4. The minimum Gasteiger partial charge on any atom is -0.456 e. The summed E-state index contributed by atoms with van der Waals surface area (Å²) in [5.74, 6) is 2.16. The third kappa shape index (κ3) is 3.31. The molecule has 0 N–H and O–H groups in total. The Morgan fingerprint density at radius 3 is 2.40 bits per heavy atom. The molecule has 0 heterocycles. The highest BCUT2D eigenvalue weighted by Crippen LogP contribution is 2.27. The van der Waals surface area contributed by atoms with E-state index in [1.807, 2.05) is 30.3 Å². The van der Waals surface area contributed by atoms with E-state index in [0.717, 1.165) is 11.3 Å². The monoisotopic (exact) mass is 285 g/mol. The molecule has 2 aromatic carbocycles. The van der Waals surface area contributed by atoms with Crippen molar-refractivity contribution >= 4 is 11.6 Å². The molecular formula is C17H16ClNO. The lowest BCUT2D eigenvalue weighted by molar-refractivity contribution is 0.480. The molecule has 102 valence electrons. The van der Waals surface area contributed by atoms with Crippen molar-refractivity contribution < 1.29 is 4.74 Å². The molecule has 3 heteroatoms. The van der Waals surface area contributed by atoms with Gasteiger partial charge in [-0.3, -0.25) is 0 Å². The van der Waals surface area contributed by atoms with Crippen LogP contribution in [-0.2, 0) is 5.88 Å².